The largest absolute Gasteiger partial charge is 0.487 e. The summed E-state index contributed by atoms with van der Waals surface area (Å²) in [7, 11) is 0. The number of halogens is 4. The summed E-state index contributed by atoms with van der Waals surface area (Å²) in [6.07, 6.45) is 1.67. The van der Waals surface area contributed by atoms with Crippen LogP contribution in [0.25, 0.3) is 6.08 Å². The Morgan fingerprint density at radius 3 is 2.47 bits per heavy atom. The number of aliphatic imine (C=N–C) groups is 1. The van der Waals surface area contributed by atoms with Crippen LogP contribution in [0.5, 0.6) is 5.75 Å². The van der Waals surface area contributed by atoms with Gasteiger partial charge in [-0.1, -0.05) is 12.1 Å². The van der Waals surface area contributed by atoms with Crippen molar-refractivity contribution in [3.8, 4) is 5.75 Å². The number of nitro groups is 1. The Balaban J connectivity index is 1.55. The van der Waals surface area contributed by atoms with E-state index in [9.17, 15) is 14.9 Å². The van der Waals surface area contributed by atoms with Crippen molar-refractivity contribution in [1.29, 1.82) is 0 Å². The van der Waals surface area contributed by atoms with Gasteiger partial charge in [0, 0.05) is 25.7 Å². The van der Waals surface area contributed by atoms with Crippen molar-refractivity contribution < 1.29 is 19.2 Å². The van der Waals surface area contributed by atoms with Crippen LogP contribution in [-0.2, 0) is 16.1 Å². The van der Waals surface area contributed by atoms with Crippen molar-refractivity contribution in [2.75, 3.05) is 0 Å². The first kappa shape index (κ1) is 25.5. The number of carbonyl (C=O) groups is 1. The molecule has 34 heavy (non-hydrogen) atoms. The third-order valence-electron chi connectivity index (χ3n) is 4.62. The van der Waals surface area contributed by atoms with Gasteiger partial charge in [-0.15, -0.1) is 0 Å². The first-order valence-electron chi connectivity index (χ1n) is 9.54. The zero-order valence-corrected chi connectivity index (χ0v) is 25.0. The molecular weight excluding hydrogens is 845 g/mol. The number of esters is 1. The standard InChI is InChI=1S/C23H12BrI3N2O5/c24-16-10-14(4-5-17(16)25)22-28-20(23(30)34-22)9-13-7-18(26)21(19(27)8-13)33-11-12-2-1-3-15(6-12)29(31)32/h1-10H,11H2/b20-9-. The van der Waals surface area contributed by atoms with E-state index in [2.05, 4.69) is 88.7 Å². The summed E-state index contributed by atoms with van der Waals surface area (Å²) in [5.41, 5.74) is 2.41. The fourth-order valence-corrected chi connectivity index (χ4v) is 5.88. The summed E-state index contributed by atoms with van der Waals surface area (Å²) in [6.45, 7) is 0.194. The van der Waals surface area contributed by atoms with Crippen molar-refractivity contribution in [3.63, 3.8) is 0 Å². The predicted molar refractivity (Wildman–Crippen MR) is 157 cm³/mol. The molecule has 172 valence electrons. The van der Waals surface area contributed by atoms with Crippen LogP contribution >= 0.6 is 83.7 Å². The number of cyclic esters (lactones) is 1. The molecule has 1 heterocycles. The van der Waals surface area contributed by atoms with E-state index >= 15 is 0 Å². The van der Waals surface area contributed by atoms with Crippen LogP contribution < -0.4 is 4.74 Å². The highest BCUT2D eigenvalue weighted by Gasteiger charge is 2.25. The number of nitro benzene ring substituents is 1. The molecule has 0 amide bonds. The van der Waals surface area contributed by atoms with E-state index in [4.69, 9.17) is 9.47 Å². The molecule has 0 spiro atoms. The maximum absolute atomic E-state index is 12.4. The molecule has 0 unspecified atom stereocenters. The van der Waals surface area contributed by atoms with Gasteiger partial charge in [0.05, 0.1) is 12.1 Å². The minimum Gasteiger partial charge on any atom is -0.487 e. The fraction of sp³-hybridized carbons (Fsp3) is 0.0435. The molecule has 0 atom stereocenters. The first-order chi connectivity index (χ1) is 16.2. The Kier molecular flexibility index (Phi) is 8.24. The fourth-order valence-electron chi connectivity index (χ4n) is 3.04. The van der Waals surface area contributed by atoms with Crippen LogP contribution in [0.3, 0.4) is 0 Å². The summed E-state index contributed by atoms with van der Waals surface area (Å²) in [4.78, 5) is 27.3. The van der Waals surface area contributed by atoms with Gasteiger partial charge in [-0.05, 0) is 131 Å². The Morgan fingerprint density at radius 1 is 1.06 bits per heavy atom. The molecule has 1 aliphatic rings. The molecule has 0 radical (unpaired) electrons. The summed E-state index contributed by atoms with van der Waals surface area (Å²) in [5.74, 6) is 0.409. The van der Waals surface area contributed by atoms with Gasteiger partial charge in [0.2, 0.25) is 5.90 Å². The van der Waals surface area contributed by atoms with E-state index in [0.29, 0.717) is 16.9 Å². The molecule has 0 saturated heterocycles. The minimum atomic E-state index is -0.513. The van der Waals surface area contributed by atoms with Crippen LogP contribution in [0.2, 0.25) is 0 Å². The van der Waals surface area contributed by atoms with E-state index in [1.54, 1.807) is 18.2 Å². The van der Waals surface area contributed by atoms with Gasteiger partial charge in [0.25, 0.3) is 5.69 Å². The summed E-state index contributed by atoms with van der Waals surface area (Å²) < 4.78 is 14.9. The number of nitrogens with zero attached hydrogens (tertiary/aromatic N) is 2. The maximum Gasteiger partial charge on any atom is 0.363 e. The lowest BCUT2D eigenvalue weighted by atomic mass is 10.2. The predicted octanol–water partition coefficient (Wildman–Crippen LogP) is 7.09. The molecule has 0 aliphatic carbocycles. The molecule has 3 aromatic rings. The molecule has 0 N–H and O–H groups in total. The van der Waals surface area contributed by atoms with Crippen molar-refractivity contribution in [3.05, 3.63) is 102 Å². The Bertz CT molecular complexity index is 1370. The van der Waals surface area contributed by atoms with Crippen LogP contribution in [0.15, 0.2) is 69.8 Å². The summed E-state index contributed by atoms with van der Waals surface area (Å²) in [5, 5.41) is 11.0. The van der Waals surface area contributed by atoms with Crippen molar-refractivity contribution in [2.45, 2.75) is 6.61 Å². The van der Waals surface area contributed by atoms with E-state index < -0.39 is 10.9 Å². The quantitative estimate of drug-likeness (QED) is 0.0869. The molecule has 0 bridgehead atoms. The second-order valence-corrected chi connectivity index (χ2v) is 11.3. The molecule has 0 aromatic heterocycles. The highest BCUT2D eigenvalue weighted by Crippen LogP contribution is 2.32. The monoisotopic (exact) mass is 856 g/mol. The SMILES string of the molecule is O=C1OC(c2ccc(I)c(Br)c2)=N/C1=C\c1cc(I)c(OCc2cccc([N+](=O)[O-])c2)c(I)c1. The van der Waals surface area contributed by atoms with Crippen LogP contribution in [0.4, 0.5) is 5.69 Å². The number of rotatable bonds is 6. The lowest BCUT2D eigenvalue weighted by molar-refractivity contribution is -0.384. The second kappa shape index (κ2) is 11.0. The van der Waals surface area contributed by atoms with E-state index in [1.165, 1.54) is 12.1 Å². The maximum atomic E-state index is 12.4. The topological polar surface area (TPSA) is 91.0 Å². The molecule has 0 saturated carbocycles. The molecule has 4 rings (SSSR count). The van der Waals surface area contributed by atoms with Gasteiger partial charge in [0.15, 0.2) is 5.70 Å². The zero-order chi connectivity index (χ0) is 24.4. The minimum absolute atomic E-state index is 0.0217. The summed E-state index contributed by atoms with van der Waals surface area (Å²) >= 11 is 10.00. The van der Waals surface area contributed by atoms with Crippen LogP contribution in [0.1, 0.15) is 16.7 Å². The molecule has 1 aliphatic heterocycles. The highest BCUT2D eigenvalue weighted by atomic mass is 127. The average molecular weight is 857 g/mol. The second-order valence-electron chi connectivity index (χ2n) is 6.99. The van der Waals surface area contributed by atoms with Gasteiger partial charge in [-0.25, -0.2) is 9.79 Å². The molecule has 11 heteroatoms. The van der Waals surface area contributed by atoms with E-state index in [1.807, 2.05) is 30.3 Å². The number of ether oxygens (including phenoxy) is 2. The Hall–Kier alpha value is -1.59. The normalized spacial score (nSPS) is 14.2. The number of hydrogen-bond acceptors (Lipinski definition) is 6. The Labute approximate surface area is 243 Å². The third kappa shape index (κ3) is 5.96. The summed E-state index contributed by atoms with van der Waals surface area (Å²) in [6, 6.07) is 15.7. The molecule has 0 fully saturated rings. The van der Waals surface area contributed by atoms with Crippen molar-refractivity contribution in [2.24, 2.45) is 4.99 Å². The number of carbonyl (C=O) groups excluding carboxylic acids is 1. The van der Waals surface area contributed by atoms with Crippen LogP contribution in [-0.4, -0.2) is 16.8 Å². The number of benzene rings is 3. The first-order valence-corrected chi connectivity index (χ1v) is 13.6. The zero-order valence-electron chi connectivity index (χ0n) is 16.9. The van der Waals surface area contributed by atoms with Gasteiger partial charge in [-0.2, -0.15) is 0 Å². The van der Waals surface area contributed by atoms with Crippen LogP contribution in [0, 0.1) is 20.8 Å². The van der Waals surface area contributed by atoms with Gasteiger partial charge in [0.1, 0.15) is 12.4 Å². The van der Waals surface area contributed by atoms with Crippen molar-refractivity contribution >= 4 is 107 Å². The molecule has 7 nitrogen and oxygen atoms in total. The molecular formula is C23H12BrI3N2O5. The number of hydrogen-bond donors (Lipinski definition) is 0. The smallest absolute Gasteiger partial charge is 0.363 e. The highest BCUT2D eigenvalue weighted by molar-refractivity contribution is 14.1. The average Bonchev–Trinajstić information content (AvgIpc) is 3.15. The number of non-ortho nitro benzene ring substituents is 1. The Morgan fingerprint density at radius 2 is 1.79 bits per heavy atom. The lowest BCUT2D eigenvalue weighted by Crippen LogP contribution is -2.05. The van der Waals surface area contributed by atoms with Gasteiger partial charge in [-0.3, -0.25) is 10.1 Å². The lowest BCUT2D eigenvalue weighted by Gasteiger charge is -2.11. The third-order valence-corrected chi connectivity index (χ3v) is 8.56. The van der Waals surface area contributed by atoms with Gasteiger partial charge >= 0.3 is 5.97 Å². The van der Waals surface area contributed by atoms with E-state index in [-0.39, 0.29) is 23.9 Å². The van der Waals surface area contributed by atoms with Crippen molar-refractivity contribution in [1.82, 2.24) is 0 Å². The molecule has 3 aromatic carbocycles. The van der Waals surface area contributed by atoms with Gasteiger partial charge < -0.3 is 9.47 Å². The van der Waals surface area contributed by atoms with E-state index in [0.717, 1.165) is 20.7 Å².